The molecule has 0 atom stereocenters. The summed E-state index contributed by atoms with van der Waals surface area (Å²) in [5.74, 6) is -0.122. The third-order valence-corrected chi connectivity index (χ3v) is 4.81. The Bertz CT molecular complexity index is 893. The summed E-state index contributed by atoms with van der Waals surface area (Å²) in [5.41, 5.74) is 0.508. The van der Waals surface area contributed by atoms with E-state index < -0.39 is 5.97 Å². The molecule has 0 bridgehead atoms. The molecule has 0 aliphatic heterocycles. The number of carbonyl (C=O) groups excluding carboxylic acids is 1. The number of ether oxygens (including phenoxy) is 1. The summed E-state index contributed by atoms with van der Waals surface area (Å²) in [6.07, 6.45) is 3.20. The number of esters is 1. The highest BCUT2D eigenvalue weighted by molar-refractivity contribution is 7.17. The Hall–Kier alpha value is -1.73. The predicted molar refractivity (Wildman–Crippen MR) is 94.3 cm³/mol. The molecule has 0 radical (unpaired) electrons. The highest BCUT2D eigenvalue weighted by Gasteiger charge is 2.21. The zero-order valence-corrected chi connectivity index (χ0v) is 15.2. The van der Waals surface area contributed by atoms with E-state index >= 15 is 0 Å². The second-order valence-corrected chi connectivity index (χ2v) is 6.84. The smallest absolute Gasteiger partial charge is 0.355 e. The molecular formula is C15H8Cl3N3O2S. The monoisotopic (exact) mass is 399 g/mol. The van der Waals surface area contributed by atoms with Gasteiger partial charge in [0.05, 0.1) is 15.7 Å². The van der Waals surface area contributed by atoms with Crippen molar-refractivity contribution in [3.63, 3.8) is 0 Å². The second-order valence-electron chi connectivity index (χ2n) is 4.59. The molecule has 2 heterocycles. The highest BCUT2D eigenvalue weighted by Crippen LogP contribution is 2.37. The van der Waals surface area contributed by atoms with Crippen LogP contribution in [0, 0.1) is 6.92 Å². The number of aromatic nitrogens is 3. The minimum atomic E-state index is -0.613. The molecule has 122 valence electrons. The zero-order chi connectivity index (χ0) is 17.3. The van der Waals surface area contributed by atoms with Crippen molar-refractivity contribution in [2.75, 3.05) is 0 Å². The van der Waals surface area contributed by atoms with Crippen molar-refractivity contribution >= 4 is 52.1 Å². The number of nitrogens with zero attached hydrogens (tertiary/aromatic N) is 3. The molecule has 0 spiro atoms. The van der Waals surface area contributed by atoms with E-state index in [9.17, 15) is 4.79 Å². The Morgan fingerprint density at radius 2 is 1.75 bits per heavy atom. The molecule has 0 amide bonds. The van der Waals surface area contributed by atoms with Crippen LogP contribution in [-0.4, -0.2) is 20.9 Å². The molecule has 9 heteroatoms. The number of aryl methyl sites for hydroxylation is 1. The lowest BCUT2D eigenvalue weighted by molar-refractivity contribution is 0.0739. The molecule has 0 saturated carbocycles. The van der Waals surface area contributed by atoms with Crippen LogP contribution in [0.25, 0.3) is 10.8 Å². The van der Waals surface area contributed by atoms with Gasteiger partial charge in [0.25, 0.3) is 0 Å². The van der Waals surface area contributed by atoms with Gasteiger partial charge >= 0.3 is 5.97 Å². The van der Waals surface area contributed by atoms with Gasteiger partial charge < -0.3 is 4.74 Å². The molecule has 24 heavy (non-hydrogen) atoms. The van der Waals surface area contributed by atoms with Gasteiger partial charge in [-0.2, -0.15) is 0 Å². The van der Waals surface area contributed by atoms with Gasteiger partial charge in [0.15, 0.2) is 16.6 Å². The fourth-order valence-electron chi connectivity index (χ4n) is 1.86. The topological polar surface area (TPSA) is 65.0 Å². The van der Waals surface area contributed by atoms with Crippen molar-refractivity contribution in [3.05, 3.63) is 56.2 Å². The SMILES string of the molecule is Cc1nc(-c2ncccn2)sc1C(=O)Oc1c(Cl)cc(Cl)cc1Cl. The summed E-state index contributed by atoms with van der Waals surface area (Å²) in [7, 11) is 0. The van der Waals surface area contributed by atoms with E-state index in [1.165, 1.54) is 12.1 Å². The molecule has 3 aromatic rings. The van der Waals surface area contributed by atoms with Crippen molar-refractivity contribution in [3.8, 4) is 16.6 Å². The minimum Gasteiger partial charge on any atom is -0.419 e. The first-order chi connectivity index (χ1) is 11.5. The Labute approximate surface area is 156 Å². The maximum atomic E-state index is 12.4. The van der Waals surface area contributed by atoms with Crippen LogP contribution in [0.1, 0.15) is 15.4 Å². The van der Waals surface area contributed by atoms with Gasteiger partial charge in [-0.3, -0.25) is 0 Å². The Kier molecular flexibility index (Phi) is 5.01. The van der Waals surface area contributed by atoms with E-state index in [0.717, 1.165) is 11.3 Å². The number of carbonyl (C=O) groups is 1. The number of halogens is 3. The largest absolute Gasteiger partial charge is 0.419 e. The summed E-state index contributed by atoms with van der Waals surface area (Å²) >= 11 is 19.0. The summed E-state index contributed by atoms with van der Waals surface area (Å²) in [5, 5.41) is 1.17. The number of hydrogen-bond donors (Lipinski definition) is 0. The van der Waals surface area contributed by atoms with Crippen molar-refractivity contribution in [2.45, 2.75) is 6.92 Å². The lowest BCUT2D eigenvalue weighted by Gasteiger charge is -2.07. The fourth-order valence-corrected chi connectivity index (χ4v) is 3.64. The van der Waals surface area contributed by atoms with Gasteiger partial charge in [-0.1, -0.05) is 34.8 Å². The Morgan fingerprint density at radius 3 is 2.38 bits per heavy atom. The summed E-state index contributed by atoms with van der Waals surface area (Å²) in [6, 6.07) is 4.59. The first kappa shape index (κ1) is 17.1. The molecule has 2 aromatic heterocycles. The average molecular weight is 401 g/mol. The van der Waals surface area contributed by atoms with E-state index in [1.54, 1.807) is 25.4 Å². The fraction of sp³-hybridized carbons (Fsp3) is 0.0667. The second kappa shape index (κ2) is 7.03. The van der Waals surface area contributed by atoms with Crippen LogP contribution in [0.15, 0.2) is 30.6 Å². The lowest BCUT2D eigenvalue weighted by atomic mass is 10.3. The minimum absolute atomic E-state index is 0.0537. The molecule has 0 aliphatic carbocycles. The number of thiazole rings is 1. The van der Waals surface area contributed by atoms with E-state index in [4.69, 9.17) is 39.5 Å². The molecule has 3 rings (SSSR count). The summed E-state index contributed by atoms with van der Waals surface area (Å²) < 4.78 is 5.32. The van der Waals surface area contributed by atoms with Gasteiger partial charge in [0, 0.05) is 17.4 Å². The normalized spacial score (nSPS) is 10.7. The van der Waals surface area contributed by atoms with Crippen LogP contribution in [0.4, 0.5) is 0 Å². The summed E-state index contributed by atoms with van der Waals surface area (Å²) in [6.45, 7) is 1.70. The number of hydrogen-bond acceptors (Lipinski definition) is 6. The molecule has 0 saturated heterocycles. The molecule has 1 aromatic carbocycles. The Morgan fingerprint density at radius 1 is 1.12 bits per heavy atom. The van der Waals surface area contributed by atoms with Crippen molar-refractivity contribution in [1.82, 2.24) is 15.0 Å². The van der Waals surface area contributed by atoms with Gasteiger partial charge in [0.2, 0.25) is 0 Å². The lowest BCUT2D eigenvalue weighted by Crippen LogP contribution is -2.08. The van der Waals surface area contributed by atoms with E-state index in [0.29, 0.717) is 26.4 Å². The van der Waals surface area contributed by atoms with Crippen LogP contribution >= 0.6 is 46.1 Å². The third-order valence-electron chi connectivity index (χ3n) is 2.90. The third kappa shape index (κ3) is 3.52. The predicted octanol–water partition coefficient (Wildman–Crippen LogP) is 5.09. The molecular weight excluding hydrogens is 393 g/mol. The first-order valence-corrected chi connectivity index (χ1v) is 8.52. The number of rotatable bonds is 3. The van der Waals surface area contributed by atoms with Crippen LogP contribution < -0.4 is 4.74 Å². The van der Waals surface area contributed by atoms with Crippen molar-refractivity contribution in [1.29, 1.82) is 0 Å². The zero-order valence-electron chi connectivity index (χ0n) is 12.1. The molecule has 0 N–H and O–H groups in total. The van der Waals surface area contributed by atoms with Crippen LogP contribution in [0.5, 0.6) is 5.75 Å². The maximum Gasteiger partial charge on any atom is 0.355 e. The van der Waals surface area contributed by atoms with E-state index in [2.05, 4.69) is 15.0 Å². The first-order valence-electron chi connectivity index (χ1n) is 6.57. The molecule has 0 unspecified atom stereocenters. The van der Waals surface area contributed by atoms with Gasteiger partial charge in [0.1, 0.15) is 4.88 Å². The van der Waals surface area contributed by atoms with Crippen LogP contribution in [-0.2, 0) is 0 Å². The quantitative estimate of drug-likeness (QED) is 0.452. The molecule has 5 nitrogen and oxygen atoms in total. The van der Waals surface area contributed by atoms with Gasteiger partial charge in [-0.05, 0) is 25.1 Å². The molecule has 0 fully saturated rings. The van der Waals surface area contributed by atoms with Gasteiger partial charge in [-0.15, -0.1) is 11.3 Å². The van der Waals surface area contributed by atoms with E-state index in [-0.39, 0.29) is 15.8 Å². The number of benzene rings is 1. The van der Waals surface area contributed by atoms with Crippen molar-refractivity contribution in [2.24, 2.45) is 0 Å². The van der Waals surface area contributed by atoms with Crippen molar-refractivity contribution < 1.29 is 9.53 Å². The maximum absolute atomic E-state index is 12.4. The molecule has 0 aliphatic rings. The standard InChI is InChI=1S/C15H8Cl3N3O2S/c1-7-12(24-14(21-7)13-19-3-2-4-20-13)15(22)23-11-9(17)5-8(16)6-10(11)18/h2-6H,1H3. The average Bonchev–Trinajstić information content (AvgIpc) is 2.93. The van der Waals surface area contributed by atoms with Gasteiger partial charge in [-0.25, -0.2) is 19.7 Å². The van der Waals surface area contributed by atoms with Crippen LogP contribution in [0.3, 0.4) is 0 Å². The Balaban J connectivity index is 1.90. The van der Waals surface area contributed by atoms with E-state index in [1.807, 2.05) is 0 Å². The van der Waals surface area contributed by atoms with Crippen LogP contribution in [0.2, 0.25) is 15.1 Å². The summed E-state index contributed by atoms with van der Waals surface area (Å²) in [4.78, 5) is 25.3. The highest BCUT2D eigenvalue weighted by atomic mass is 35.5.